The summed E-state index contributed by atoms with van der Waals surface area (Å²) in [4.78, 5) is 34.3. The van der Waals surface area contributed by atoms with Crippen LogP contribution in [0.25, 0.3) is 0 Å². The largest absolute Gasteiger partial charge is 0.481 e. The Morgan fingerprint density at radius 1 is 0.744 bits per heavy atom. The summed E-state index contributed by atoms with van der Waals surface area (Å²) in [6, 6.07) is 10.9. The van der Waals surface area contributed by atoms with E-state index in [1.165, 1.54) is 77.0 Å². The number of methoxy groups -OCH3 is 4. The SMILES string of the molecule is COc1cc(OC)nc(Oc2ccc(Oc3nc(OC)cc(OC)n3)c(C(=O)O/N=C/c3ccccc3C(F)(F)F)c2)n1. The molecule has 0 bridgehead atoms. The number of rotatable bonds is 11. The molecule has 2 heterocycles. The molecule has 2 aromatic carbocycles. The van der Waals surface area contributed by atoms with Crippen molar-refractivity contribution in [3.05, 3.63) is 71.3 Å². The number of carbonyl (C=O) groups is 1. The van der Waals surface area contributed by atoms with Gasteiger partial charge in [0.05, 0.1) is 52.3 Å². The van der Waals surface area contributed by atoms with Gasteiger partial charge in [-0.3, -0.25) is 0 Å². The molecule has 16 heteroatoms. The summed E-state index contributed by atoms with van der Waals surface area (Å²) in [7, 11) is 5.50. The van der Waals surface area contributed by atoms with E-state index in [2.05, 4.69) is 25.1 Å². The number of benzene rings is 2. The van der Waals surface area contributed by atoms with Gasteiger partial charge < -0.3 is 33.3 Å². The van der Waals surface area contributed by atoms with Gasteiger partial charge in [0.15, 0.2) is 0 Å². The van der Waals surface area contributed by atoms with E-state index in [-0.39, 0.29) is 58.2 Å². The van der Waals surface area contributed by atoms with Crippen LogP contribution in [-0.2, 0) is 11.0 Å². The smallest absolute Gasteiger partial charge is 0.417 e. The van der Waals surface area contributed by atoms with Crippen molar-refractivity contribution in [2.75, 3.05) is 28.4 Å². The Morgan fingerprint density at radius 3 is 1.81 bits per heavy atom. The summed E-state index contributed by atoms with van der Waals surface area (Å²) in [5, 5.41) is 3.45. The number of hydrogen-bond acceptors (Lipinski definition) is 13. The van der Waals surface area contributed by atoms with Crippen molar-refractivity contribution in [3.8, 4) is 47.0 Å². The highest BCUT2D eigenvalue weighted by Gasteiger charge is 2.32. The first kappa shape index (κ1) is 30.3. The van der Waals surface area contributed by atoms with Crippen LogP contribution in [0.4, 0.5) is 13.2 Å². The molecule has 0 unspecified atom stereocenters. The number of oxime groups is 1. The average Bonchev–Trinajstić information content (AvgIpc) is 3.00. The fourth-order valence-electron chi connectivity index (χ4n) is 3.35. The van der Waals surface area contributed by atoms with Gasteiger partial charge in [-0.2, -0.15) is 33.1 Å². The van der Waals surface area contributed by atoms with Crippen molar-refractivity contribution >= 4 is 12.2 Å². The third-order valence-electron chi connectivity index (χ3n) is 5.33. The van der Waals surface area contributed by atoms with Crippen LogP contribution in [0.5, 0.6) is 47.0 Å². The van der Waals surface area contributed by atoms with Crippen LogP contribution >= 0.6 is 0 Å². The maximum absolute atomic E-state index is 13.3. The summed E-state index contributed by atoms with van der Waals surface area (Å²) in [6.07, 6.45) is -3.89. The van der Waals surface area contributed by atoms with Gasteiger partial charge in [0.2, 0.25) is 23.5 Å². The van der Waals surface area contributed by atoms with E-state index in [4.69, 9.17) is 33.3 Å². The summed E-state index contributed by atoms with van der Waals surface area (Å²) in [6.45, 7) is 0. The zero-order chi connectivity index (χ0) is 31.0. The van der Waals surface area contributed by atoms with Gasteiger partial charge >= 0.3 is 24.2 Å². The molecule has 0 amide bonds. The molecule has 2 aromatic heterocycles. The van der Waals surface area contributed by atoms with Crippen LogP contribution in [0.2, 0.25) is 0 Å². The van der Waals surface area contributed by atoms with Crippen LogP contribution in [0.15, 0.2) is 59.8 Å². The first-order valence-electron chi connectivity index (χ1n) is 12.0. The van der Waals surface area contributed by atoms with E-state index in [1.807, 2.05) is 0 Å². The van der Waals surface area contributed by atoms with E-state index in [0.29, 0.717) is 0 Å². The van der Waals surface area contributed by atoms with E-state index < -0.39 is 17.7 Å². The van der Waals surface area contributed by atoms with Crippen LogP contribution in [-0.4, -0.2) is 60.6 Å². The molecule has 224 valence electrons. The lowest BCUT2D eigenvalue weighted by Gasteiger charge is -2.12. The van der Waals surface area contributed by atoms with Crippen molar-refractivity contribution in [2.45, 2.75) is 6.18 Å². The highest BCUT2D eigenvalue weighted by molar-refractivity contribution is 5.93. The first-order chi connectivity index (χ1) is 20.6. The van der Waals surface area contributed by atoms with Crippen LogP contribution in [0.3, 0.4) is 0 Å². The van der Waals surface area contributed by atoms with Gasteiger partial charge in [-0.1, -0.05) is 23.4 Å². The molecule has 0 aliphatic rings. The second-order valence-electron chi connectivity index (χ2n) is 8.03. The van der Waals surface area contributed by atoms with E-state index in [1.54, 1.807) is 0 Å². The van der Waals surface area contributed by atoms with Crippen molar-refractivity contribution in [2.24, 2.45) is 5.16 Å². The number of halogens is 3. The Hall–Kier alpha value is -5.67. The topological polar surface area (TPSA) is 146 Å². The predicted molar refractivity (Wildman–Crippen MR) is 141 cm³/mol. The molecule has 4 aromatic rings. The summed E-state index contributed by atoms with van der Waals surface area (Å²) in [5.41, 5.74) is -1.57. The minimum absolute atomic E-state index is 0.0325. The van der Waals surface area contributed by atoms with Gasteiger partial charge in [0.1, 0.15) is 17.1 Å². The van der Waals surface area contributed by atoms with Crippen molar-refractivity contribution in [1.82, 2.24) is 19.9 Å². The van der Waals surface area contributed by atoms with Crippen molar-refractivity contribution in [1.29, 1.82) is 0 Å². The monoisotopic (exact) mass is 601 g/mol. The molecule has 0 N–H and O–H groups in total. The fraction of sp³-hybridized carbons (Fsp3) is 0.185. The molecular formula is C27H22F3N5O8. The van der Waals surface area contributed by atoms with E-state index in [0.717, 1.165) is 12.3 Å². The van der Waals surface area contributed by atoms with Crippen LogP contribution in [0.1, 0.15) is 21.5 Å². The molecule has 0 saturated carbocycles. The number of ether oxygens (including phenoxy) is 6. The minimum Gasteiger partial charge on any atom is -0.481 e. The molecule has 4 rings (SSSR count). The standard InChI is InChI=1S/C27H22F3N5O8/c1-37-20-12-21(38-2)33-25(32-20)41-16-9-10-19(42-26-34-22(39-3)13-23(35-26)40-4)17(11-16)24(36)43-31-14-15-7-5-6-8-18(15)27(28,29)30/h5-14H,1-4H3/b31-14+. The van der Waals surface area contributed by atoms with E-state index in [9.17, 15) is 18.0 Å². The van der Waals surface area contributed by atoms with Gasteiger partial charge in [-0.05, 0) is 24.3 Å². The Bertz CT molecular complexity index is 1590. The molecule has 43 heavy (non-hydrogen) atoms. The predicted octanol–water partition coefficient (Wildman–Crippen LogP) is 5.10. The zero-order valence-electron chi connectivity index (χ0n) is 22.9. The normalized spacial score (nSPS) is 11.1. The second-order valence-corrected chi connectivity index (χ2v) is 8.03. The zero-order valence-corrected chi connectivity index (χ0v) is 22.9. The Balaban J connectivity index is 1.68. The molecule has 0 radical (unpaired) electrons. The number of alkyl halides is 3. The second kappa shape index (κ2) is 13.3. The quantitative estimate of drug-likeness (QED) is 0.128. The lowest BCUT2D eigenvalue weighted by molar-refractivity contribution is -0.137. The lowest BCUT2D eigenvalue weighted by Crippen LogP contribution is -2.09. The molecule has 0 fully saturated rings. The van der Waals surface area contributed by atoms with Crippen molar-refractivity contribution < 1.29 is 51.2 Å². The number of aromatic nitrogens is 4. The fourth-order valence-corrected chi connectivity index (χ4v) is 3.35. The molecule has 0 spiro atoms. The Labute approximate surface area is 241 Å². The third-order valence-corrected chi connectivity index (χ3v) is 5.33. The number of hydrogen-bond donors (Lipinski definition) is 0. The summed E-state index contributed by atoms with van der Waals surface area (Å²) in [5.74, 6) is -0.753. The molecule has 0 saturated heterocycles. The molecular weight excluding hydrogens is 579 g/mol. The molecule has 0 aliphatic carbocycles. The number of carbonyl (C=O) groups excluding carboxylic acids is 1. The van der Waals surface area contributed by atoms with Gasteiger partial charge in [-0.15, -0.1) is 0 Å². The Morgan fingerprint density at radius 2 is 1.28 bits per heavy atom. The van der Waals surface area contributed by atoms with Gasteiger partial charge in [0.25, 0.3) is 0 Å². The lowest BCUT2D eigenvalue weighted by atomic mass is 10.1. The molecule has 0 aliphatic heterocycles. The van der Waals surface area contributed by atoms with Crippen LogP contribution in [0, 0.1) is 0 Å². The van der Waals surface area contributed by atoms with Crippen molar-refractivity contribution in [3.63, 3.8) is 0 Å². The summed E-state index contributed by atoms with van der Waals surface area (Å²) >= 11 is 0. The summed E-state index contributed by atoms with van der Waals surface area (Å²) < 4.78 is 71.8. The van der Waals surface area contributed by atoms with E-state index >= 15 is 0 Å². The van der Waals surface area contributed by atoms with Gasteiger partial charge in [0, 0.05) is 5.56 Å². The van der Waals surface area contributed by atoms with Crippen LogP contribution < -0.4 is 28.4 Å². The first-order valence-corrected chi connectivity index (χ1v) is 12.0. The molecule has 0 atom stereocenters. The Kier molecular flexibility index (Phi) is 9.39. The van der Waals surface area contributed by atoms with Gasteiger partial charge in [-0.25, -0.2) is 4.79 Å². The highest BCUT2D eigenvalue weighted by atomic mass is 19.4. The third kappa shape index (κ3) is 7.75. The average molecular weight is 601 g/mol. The number of nitrogens with zero attached hydrogens (tertiary/aromatic N) is 5. The maximum atomic E-state index is 13.3. The maximum Gasteiger partial charge on any atom is 0.417 e. The highest BCUT2D eigenvalue weighted by Crippen LogP contribution is 2.33. The molecule has 13 nitrogen and oxygen atoms in total. The minimum atomic E-state index is -4.65.